The second kappa shape index (κ2) is 10.5. The van der Waals surface area contributed by atoms with E-state index in [-0.39, 0.29) is 23.9 Å². The lowest BCUT2D eigenvalue weighted by molar-refractivity contribution is 0.0942. The van der Waals surface area contributed by atoms with Crippen LogP contribution in [0.25, 0.3) is 0 Å². The molecule has 3 rings (SSSR count). The molecule has 1 aromatic heterocycles. The van der Waals surface area contributed by atoms with Crippen molar-refractivity contribution in [3.63, 3.8) is 0 Å². The maximum Gasteiger partial charge on any atom is 0.251 e. The predicted molar refractivity (Wildman–Crippen MR) is 116 cm³/mol. The van der Waals surface area contributed by atoms with Crippen LogP contribution in [0.5, 0.6) is 0 Å². The summed E-state index contributed by atoms with van der Waals surface area (Å²) in [5, 5.41) is 6.33. The Morgan fingerprint density at radius 1 is 1.10 bits per heavy atom. The number of nitrogens with one attached hydrogen (secondary N) is 2. The highest BCUT2D eigenvalue weighted by atomic mass is 35.5. The van der Waals surface area contributed by atoms with Crippen LogP contribution in [0.3, 0.4) is 0 Å². The van der Waals surface area contributed by atoms with Crippen molar-refractivity contribution in [3.05, 3.63) is 47.3 Å². The van der Waals surface area contributed by atoms with Crippen LogP contribution in [0.2, 0.25) is 0 Å². The van der Waals surface area contributed by atoms with Crippen molar-refractivity contribution in [2.24, 2.45) is 5.92 Å². The molecule has 1 aliphatic carbocycles. The molecule has 30 heavy (non-hydrogen) atoms. The van der Waals surface area contributed by atoms with Gasteiger partial charge in [-0.15, -0.1) is 12.4 Å². The molecule has 2 aromatic rings. The summed E-state index contributed by atoms with van der Waals surface area (Å²) in [4.78, 5) is 23.0. The first-order valence-electron chi connectivity index (χ1n) is 9.84. The average Bonchev–Trinajstić information content (AvgIpc) is 2.69. The second-order valence-electron chi connectivity index (χ2n) is 7.75. The van der Waals surface area contributed by atoms with E-state index in [1.807, 2.05) is 32.0 Å². The van der Waals surface area contributed by atoms with Gasteiger partial charge in [-0.3, -0.25) is 4.79 Å². The maximum atomic E-state index is 13.3. The molecule has 0 radical (unpaired) electrons. The van der Waals surface area contributed by atoms with Gasteiger partial charge in [0.2, 0.25) is 0 Å². The first kappa shape index (κ1) is 23.8. The van der Waals surface area contributed by atoms with Crippen LogP contribution >= 0.6 is 12.4 Å². The lowest BCUT2D eigenvalue weighted by Gasteiger charge is -2.29. The fourth-order valence-corrected chi connectivity index (χ4v) is 3.55. The van der Waals surface area contributed by atoms with Gasteiger partial charge >= 0.3 is 0 Å². The van der Waals surface area contributed by atoms with Gasteiger partial charge < -0.3 is 15.5 Å². The first-order valence-corrected chi connectivity index (χ1v) is 9.84. The molecule has 9 heteroatoms. The summed E-state index contributed by atoms with van der Waals surface area (Å²) in [6, 6.07) is 5.47. The molecule has 0 spiro atoms. The van der Waals surface area contributed by atoms with Gasteiger partial charge in [-0.2, -0.15) is 0 Å². The number of hydrogen-bond acceptors (Lipinski definition) is 5. The summed E-state index contributed by atoms with van der Waals surface area (Å²) in [5.74, 6) is 0.450. The van der Waals surface area contributed by atoms with Gasteiger partial charge in [0.15, 0.2) is 11.6 Å². The normalized spacial score (nSPS) is 18.3. The smallest absolute Gasteiger partial charge is 0.251 e. The van der Waals surface area contributed by atoms with Crippen molar-refractivity contribution in [1.82, 2.24) is 15.3 Å². The van der Waals surface area contributed by atoms with E-state index in [0.29, 0.717) is 18.5 Å². The molecule has 164 valence electrons. The largest absolute Gasteiger partial charge is 0.367 e. The Hall–Kier alpha value is -2.48. The molecular formula is C21H28ClF2N5O. The molecule has 1 aliphatic rings. The number of halogens is 3. The minimum absolute atomic E-state index is 0. The predicted octanol–water partition coefficient (Wildman–Crippen LogP) is 3.95. The standard InChI is InChI=1S/C21H27F2N5O.ClH/c1-13-25-19(11-20(26-13)28(2)3)27-16-7-4-14(5-8-16)12-24-21(29)15-6-9-17(22)18(23)10-15;/h6,9-11,14,16H,4-5,7-8,12H2,1-3H3,(H,24,29)(H,25,26,27);1H. The minimum Gasteiger partial charge on any atom is -0.367 e. The molecule has 0 bridgehead atoms. The minimum atomic E-state index is -1.01. The number of carbonyl (C=O) groups excluding carboxylic acids is 1. The van der Waals surface area contributed by atoms with Crippen molar-refractivity contribution >= 4 is 29.9 Å². The third kappa shape index (κ3) is 6.26. The number of aryl methyl sites for hydroxylation is 1. The molecule has 1 saturated carbocycles. The van der Waals surface area contributed by atoms with Crippen LogP contribution in [0, 0.1) is 24.5 Å². The number of amides is 1. The second-order valence-corrected chi connectivity index (χ2v) is 7.75. The number of hydrogen-bond donors (Lipinski definition) is 2. The monoisotopic (exact) mass is 439 g/mol. The zero-order chi connectivity index (χ0) is 21.0. The van der Waals surface area contributed by atoms with E-state index < -0.39 is 11.6 Å². The van der Waals surface area contributed by atoms with Gasteiger partial charge in [-0.25, -0.2) is 18.7 Å². The fraction of sp³-hybridized carbons (Fsp3) is 0.476. The number of aromatic nitrogens is 2. The maximum absolute atomic E-state index is 13.3. The molecule has 1 heterocycles. The molecule has 0 saturated heterocycles. The summed E-state index contributed by atoms with van der Waals surface area (Å²) in [5.41, 5.74) is 0.134. The van der Waals surface area contributed by atoms with Gasteiger partial charge in [0, 0.05) is 38.3 Å². The molecule has 0 aliphatic heterocycles. The Labute approximate surface area is 181 Å². The van der Waals surface area contributed by atoms with Crippen LogP contribution in [0.1, 0.15) is 41.9 Å². The van der Waals surface area contributed by atoms with E-state index >= 15 is 0 Å². The van der Waals surface area contributed by atoms with Crippen molar-refractivity contribution in [1.29, 1.82) is 0 Å². The van der Waals surface area contributed by atoms with Gasteiger partial charge in [0.25, 0.3) is 5.91 Å². The van der Waals surface area contributed by atoms with Gasteiger partial charge in [0.05, 0.1) is 0 Å². The molecule has 1 aromatic carbocycles. The molecule has 0 unspecified atom stereocenters. The Bertz CT molecular complexity index is 872. The fourth-order valence-electron chi connectivity index (χ4n) is 3.55. The van der Waals surface area contributed by atoms with Crippen molar-refractivity contribution in [2.75, 3.05) is 30.9 Å². The number of benzene rings is 1. The highest BCUT2D eigenvalue weighted by Crippen LogP contribution is 2.26. The third-order valence-corrected chi connectivity index (χ3v) is 5.21. The zero-order valence-corrected chi connectivity index (χ0v) is 18.2. The lowest BCUT2D eigenvalue weighted by Crippen LogP contribution is -2.34. The Morgan fingerprint density at radius 3 is 2.43 bits per heavy atom. The topological polar surface area (TPSA) is 70.2 Å². The Balaban J connectivity index is 0.00000320. The number of carbonyl (C=O) groups is 1. The van der Waals surface area contributed by atoms with Crippen LogP contribution in [0.15, 0.2) is 24.3 Å². The van der Waals surface area contributed by atoms with E-state index in [1.54, 1.807) is 0 Å². The van der Waals surface area contributed by atoms with Crippen LogP contribution in [-0.4, -0.2) is 42.6 Å². The first-order chi connectivity index (χ1) is 13.8. The van der Waals surface area contributed by atoms with Crippen molar-refractivity contribution in [3.8, 4) is 0 Å². The highest BCUT2D eigenvalue weighted by molar-refractivity contribution is 5.94. The zero-order valence-electron chi connectivity index (χ0n) is 17.4. The Morgan fingerprint density at radius 2 is 1.80 bits per heavy atom. The Kier molecular flexibility index (Phi) is 8.34. The average molecular weight is 440 g/mol. The summed E-state index contributed by atoms with van der Waals surface area (Å²) in [7, 11) is 3.90. The van der Waals surface area contributed by atoms with Crippen LogP contribution in [-0.2, 0) is 0 Å². The van der Waals surface area contributed by atoms with Gasteiger partial charge in [0.1, 0.15) is 17.5 Å². The van der Waals surface area contributed by atoms with Crippen LogP contribution < -0.4 is 15.5 Å². The van der Waals surface area contributed by atoms with E-state index in [4.69, 9.17) is 0 Å². The van der Waals surface area contributed by atoms with Gasteiger partial charge in [-0.1, -0.05) is 0 Å². The van der Waals surface area contributed by atoms with Crippen molar-refractivity contribution < 1.29 is 13.6 Å². The van der Waals surface area contributed by atoms with E-state index in [1.165, 1.54) is 6.07 Å². The molecular weight excluding hydrogens is 412 g/mol. The molecule has 0 atom stereocenters. The van der Waals surface area contributed by atoms with E-state index in [2.05, 4.69) is 20.6 Å². The number of rotatable bonds is 6. The van der Waals surface area contributed by atoms with E-state index in [9.17, 15) is 13.6 Å². The third-order valence-electron chi connectivity index (χ3n) is 5.21. The summed E-state index contributed by atoms with van der Waals surface area (Å²) in [6.07, 6.45) is 3.90. The SMILES string of the molecule is Cc1nc(NC2CCC(CNC(=O)c3ccc(F)c(F)c3)CC2)cc(N(C)C)n1.Cl. The summed E-state index contributed by atoms with van der Waals surface area (Å²) >= 11 is 0. The number of nitrogens with zero attached hydrogens (tertiary/aromatic N) is 3. The highest BCUT2D eigenvalue weighted by Gasteiger charge is 2.22. The molecule has 2 N–H and O–H groups in total. The van der Waals surface area contributed by atoms with Crippen LogP contribution in [0.4, 0.5) is 20.4 Å². The number of anilines is 2. The van der Waals surface area contributed by atoms with Crippen molar-refractivity contribution in [2.45, 2.75) is 38.6 Å². The quantitative estimate of drug-likeness (QED) is 0.713. The molecule has 6 nitrogen and oxygen atoms in total. The lowest BCUT2D eigenvalue weighted by atomic mass is 9.86. The molecule has 1 fully saturated rings. The van der Waals surface area contributed by atoms with E-state index in [0.717, 1.165) is 55.3 Å². The molecule has 1 amide bonds. The summed E-state index contributed by atoms with van der Waals surface area (Å²) < 4.78 is 26.3. The van der Waals surface area contributed by atoms with Gasteiger partial charge in [-0.05, 0) is 56.7 Å². The summed E-state index contributed by atoms with van der Waals surface area (Å²) in [6.45, 7) is 2.41.